The Hall–Kier alpha value is -1.42. The maximum Gasteiger partial charge on any atom is 0.256 e. The molecule has 0 atom stereocenters. The van der Waals surface area contributed by atoms with Crippen molar-refractivity contribution < 1.29 is 5.11 Å². The van der Waals surface area contributed by atoms with Crippen molar-refractivity contribution in [1.82, 2.24) is 4.98 Å². The van der Waals surface area contributed by atoms with Crippen molar-refractivity contribution in [3.05, 3.63) is 34.1 Å². The molecule has 3 rings (SSSR count). The lowest BCUT2D eigenvalue weighted by Crippen LogP contribution is -2.09. The molecule has 0 saturated heterocycles. The summed E-state index contributed by atoms with van der Waals surface area (Å²) in [6, 6.07) is 5.80. The fraction of sp³-hybridized carbons (Fsp3) is 0.400. The summed E-state index contributed by atoms with van der Waals surface area (Å²) in [4.78, 5) is 14.5. The number of aromatic hydroxyl groups is 1. The molecule has 100 valence electrons. The largest absolute Gasteiger partial charge is 0.505 e. The molecular weight excluding hydrogens is 258 g/mol. The Bertz CT molecular complexity index is 672. The minimum atomic E-state index is -0.185. The number of nitrogens with one attached hydrogen (secondary N) is 1. The number of aromatic nitrogens is 1. The van der Waals surface area contributed by atoms with Gasteiger partial charge in [-0.25, -0.2) is 0 Å². The number of fused-ring (bicyclic) bond motifs is 1. The lowest BCUT2D eigenvalue weighted by molar-refractivity contribution is 0.443. The summed E-state index contributed by atoms with van der Waals surface area (Å²) in [5.41, 5.74) is 1.03. The van der Waals surface area contributed by atoms with Gasteiger partial charge in [-0.3, -0.25) is 4.79 Å². The Morgan fingerprint density at radius 1 is 1.16 bits per heavy atom. The summed E-state index contributed by atoms with van der Waals surface area (Å²) in [6.45, 7) is 0. The van der Waals surface area contributed by atoms with E-state index in [1.165, 1.54) is 37.7 Å². The first-order valence-electron chi connectivity index (χ1n) is 6.74. The van der Waals surface area contributed by atoms with E-state index in [2.05, 4.69) is 17.6 Å². The number of benzene rings is 1. The van der Waals surface area contributed by atoms with E-state index in [0.29, 0.717) is 16.7 Å². The van der Waals surface area contributed by atoms with Crippen molar-refractivity contribution in [2.45, 2.75) is 43.0 Å². The average molecular weight is 275 g/mol. The summed E-state index contributed by atoms with van der Waals surface area (Å²) in [6.07, 6.45) is 6.23. The van der Waals surface area contributed by atoms with E-state index in [9.17, 15) is 9.90 Å². The summed E-state index contributed by atoms with van der Waals surface area (Å²) >= 11 is 4.07. The van der Waals surface area contributed by atoms with Crippen LogP contribution in [0.5, 0.6) is 5.75 Å². The Morgan fingerprint density at radius 3 is 2.63 bits per heavy atom. The Balaban J connectivity index is 2.13. The fourth-order valence-electron chi connectivity index (χ4n) is 3.01. The molecule has 0 aliphatic heterocycles. The first kappa shape index (κ1) is 12.6. The number of hydrogen-bond donors (Lipinski definition) is 3. The number of thiol groups is 1. The van der Waals surface area contributed by atoms with Crippen molar-refractivity contribution in [2.24, 2.45) is 0 Å². The zero-order valence-electron chi connectivity index (χ0n) is 10.6. The van der Waals surface area contributed by atoms with Crippen LogP contribution >= 0.6 is 12.6 Å². The van der Waals surface area contributed by atoms with Crippen LogP contribution in [-0.4, -0.2) is 10.1 Å². The van der Waals surface area contributed by atoms with E-state index < -0.39 is 0 Å². The highest BCUT2D eigenvalue weighted by atomic mass is 32.1. The third kappa shape index (κ3) is 2.25. The number of pyridine rings is 1. The molecule has 3 nitrogen and oxygen atoms in total. The van der Waals surface area contributed by atoms with Crippen LogP contribution in [0.2, 0.25) is 0 Å². The van der Waals surface area contributed by atoms with Gasteiger partial charge in [-0.1, -0.05) is 31.4 Å². The summed E-state index contributed by atoms with van der Waals surface area (Å²) < 4.78 is 0. The maximum atomic E-state index is 12.0. The standard InChI is InChI=1S/C15H17NO2S/c17-13-11-7-6-10(9-4-2-1-3-5-9)8-12(11)14(18)16-15(13)19/h6-9,17H,1-5H2,(H2,16,18,19). The van der Waals surface area contributed by atoms with Crippen molar-refractivity contribution in [2.75, 3.05) is 0 Å². The van der Waals surface area contributed by atoms with Crippen LogP contribution in [0.4, 0.5) is 0 Å². The van der Waals surface area contributed by atoms with Gasteiger partial charge in [0.05, 0.1) is 5.39 Å². The molecule has 4 heteroatoms. The highest BCUT2D eigenvalue weighted by Gasteiger charge is 2.17. The van der Waals surface area contributed by atoms with Gasteiger partial charge in [-0.05, 0) is 30.4 Å². The highest BCUT2D eigenvalue weighted by Crippen LogP contribution is 2.35. The van der Waals surface area contributed by atoms with Gasteiger partial charge in [-0.15, -0.1) is 12.6 Å². The molecular formula is C15H17NO2S. The molecule has 2 aromatic rings. The molecule has 0 radical (unpaired) electrons. The smallest absolute Gasteiger partial charge is 0.256 e. The summed E-state index contributed by atoms with van der Waals surface area (Å²) in [5, 5.41) is 11.3. The normalized spacial score (nSPS) is 16.9. The van der Waals surface area contributed by atoms with E-state index in [-0.39, 0.29) is 16.3 Å². The lowest BCUT2D eigenvalue weighted by Gasteiger charge is -2.22. The molecule has 1 aromatic heterocycles. The van der Waals surface area contributed by atoms with Gasteiger partial charge in [0, 0.05) is 5.39 Å². The van der Waals surface area contributed by atoms with Gasteiger partial charge in [0.1, 0.15) is 5.03 Å². The summed E-state index contributed by atoms with van der Waals surface area (Å²) in [5.74, 6) is 0.600. The molecule has 1 aliphatic carbocycles. The predicted octanol–water partition coefficient (Wildman–Crippen LogP) is 3.57. The zero-order chi connectivity index (χ0) is 13.4. The van der Waals surface area contributed by atoms with Crippen LogP contribution in [0.25, 0.3) is 10.8 Å². The third-order valence-corrected chi connectivity index (χ3v) is 4.40. The predicted molar refractivity (Wildman–Crippen MR) is 79.3 cm³/mol. The van der Waals surface area contributed by atoms with Crippen LogP contribution in [0.1, 0.15) is 43.6 Å². The zero-order valence-corrected chi connectivity index (χ0v) is 11.5. The van der Waals surface area contributed by atoms with Crippen LogP contribution in [0.3, 0.4) is 0 Å². The number of rotatable bonds is 1. The molecule has 0 bridgehead atoms. The highest BCUT2D eigenvalue weighted by molar-refractivity contribution is 7.80. The first-order valence-corrected chi connectivity index (χ1v) is 7.19. The van der Waals surface area contributed by atoms with Crippen LogP contribution < -0.4 is 5.56 Å². The Kier molecular flexibility index (Phi) is 3.27. The van der Waals surface area contributed by atoms with Crippen molar-refractivity contribution >= 4 is 23.4 Å². The molecule has 19 heavy (non-hydrogen) atoms. The second-order valence-electron chi connectivity index (χ2n) is 5.29. The average Bonchev–Trinajstić information content (AvgIpc) is 2.45. The molecule has 1 aliphatic rings. The van der Waals surface area contributed by atoms with E-state index in [1.807, 2.05) is 18.2 Å². The van der Waals surface area contributed by atoms with Crippen LogP contribution in [0.15, 0.2) is 28.0 Å². The number of H-pyrrole nitrogens is 1. The van der Waals surface area contributed by atoms with E-state index in [1.54, 1.807) is 0 Å². The third-order valence-electron chi connectivity index (χ3n) is 4.08. The Labute approximate surface area is 117 Å². The van der Waals surface area contributed by atoms with Gasteiger partial charge < -0.3 is 10.1 Å². The lowest BCUT2D eigenvalue weighted by atomic mass is 9.83. The molecule has 0 unspecified atom stereocenters. The quantitative estimate of drug-likeness (QED) is 0.697. The van der Waals surface area contributed by atoms with E-state index in [4.69, 9.17) is 0 Å². The molecule has 1 saturated carbocycles. The molecule has 0 spiro atoms. The SMILES string of the molecule is O=c1[nH]c(S)c(O)c2ccc(C3CCCCC3)cc12. The van der Waals surface area contributed by atoms with E-state index in [0.717, 1.165) is 0 Å². The fourth-order valence-corrected chi connectivity index (χ4v) is 3.23. The Morgan fingerprint density at radius 2 is 1.89 bits per heavy atom. The number of hydrogen-bond acceptors (Lipinski definition) is 3. The topological polar surface area (TPSA) is 53.1 Å². The molecule has 1 fully saturated rings. The van der Waals surface area contributed by atoms with Crippen molar-refractivity contribution in [1.29, 1.82) is 0 Å². The summed E-state index contributed by atoms with van der Waals surface area (Å²) in [7, 11) is 0. The van der Waals surface area contributed by atoms with Gasteiger partial charge in [-0.2, -0.15) is 0 Å². The minimum Gasteiger partial charge on any atom is -0.505 e. The molecule has 1 aromatic carbocycles. The van der Waals surface area contributed by atoms with Crippen molar-refractivity contribution in [3.63, 3.8) is 0 Å². The molecule has 0 amide bonds. The van der Waals surface area contributed by atoms with E-state index >= 15 is 0 Å². The second kappa shape index (κ2) is 4.93. The monoisotopic (exact) mass is 275 g/mol. The molecule has 2 N–H and O–H groups in total. The molecule has 1 heterocycles. The van der Waals surface area contributed by atoms with Gasteiger partial charge in [0.15, 0.2) is 5.75 Å². The first-order chi connectivity index (χ1) is 9.16. The number of aromatic amines is 1. The van der Waals surface area contributed by atoms with Crippen LogP contribution in [0, 0.1) is 0 Å². The van der Waals surface area contributed by atoms with Gasteiger partial charge >= 0.3 is 0 Å². The van der Waals surface area contributed by atoms with Crippen LogP contribution in [-0.2, 0) is 0 Å². The maximum absolute atomic E-state index is 12.0. The second-order valence-corrected chi connectivity index (χ2v) is 5.74. The minimum absolute atomic E-state index is 0.0492. The van der Waals surface area contributed by atoms with Gasteiger partial charge in [0.25, 0.3) is 5.56 Å². The van der Waals surface area contributed by atoms with Gasteiger partial charge in [0.2, 0.25) is 0 Å². The van der Waals surface area contributed by atoms with Crippen molar-refractivity contribution in [3.8, 4) is 5.75 Å².